The smallest absolute Gasteiger partial charge is 0.334 e. The highest BCUT2D eigenvalue weighted by molar-refractivity contribution is 7.80. The molecule has 1 saturated heterocycles. The van der Waals surface area contributed by atoms with Crippen molar-refractivity contribution in [1.82, 2.24) is 10.6 Å². The second-order valence-corrected chi connectivity index (χ2v) is 4.22. The Morgan fingerprint density at radius 1 is 1.68 bits per heavy atom. The maximum Gasteiger partial charge on any atom is 0.334 e. The molecule has 1 aliphatic rings. The molecule has 1 fully saturated rings. The highest BCUT2D eigenvalue weighted by atomic mass is 32.1. The minimum atomic E-state index is -1.83. The van der Waals surface area contributed by atoms with Gasteiger partial charge in [0.2, 0.25) is 5.91 Å². The van der Waals surface area contributed by atoms with Crippen molar-refractivity contribution in [3.8, 4) is 6.07 Å². The largest absolute Gasteiger partial charge is 0.467 e. The number of nitriles is 1. The van der Waals surface area contributed by atoms with Gasteiger partial charge >= 0.3 is 5.97 Å². The molecule has 0 aromatic heterocycles. The number of ether oxygens (including phenoxy) is 1. The number of amides is 1. The van der Waals surface area contributed by atoms with E-state index in [0.29, 0.717) is 0 Å². The zero-order chi connectivity index (χ0) is 14.6. The third-order valence-corrected chi connectivity index (χ3v) is 2.89. The van der Waals surface area contributed by atoms with Crippen LogP contribution in [-0.4, -0.2) is 35.4 Å². The molecule has 1 rings (SSSR count). The lowest BCUT2D eigenvalue weighted by molar-refractivity contribution is -0.154. The van der Waals surface area contributed by atoms with Crippen LogP contribution in [0.15, 0.2) is 12.7 Å². The van der Waals surface area contributed by atoms with E-state index in [9.17, 15) is 14.4 Å². The predicted octanol–water partition coefficient (Wildman–Crippen LogP) is -0.813. The number of thiocarbonyl (C=S) groups is 1. The summed E-state index contributed by atoms with van der Waals surface area (Å²) in [6.07, 6.45) is 0.547. The zero-order valence-corrected chi connectivity index (χ0v) is 10.9. The molecule has 1 aliphatic heterocycles. The summed E-state index contributed by atoms with van der Waals surface area (Å²) in [5.41, 5.74) is -1.83. The summed E-state index contributed by atoms with van der Waals surface area (Å²) in [5, 5.41) is 13.7. The molecule has 0 radical (unpaired) electrons. The molecule has 100 valence electrons. The molecular formula is C11H11N3O4S. The van der Waals surface area contributed by atoms with Crippen LogP contribution in [0, 0.1) is 17.2 Å². The number of carbonyl (C=O) groups is 3. The molecule has 0 aliphatic carbocycles. The van der Waals surface area contributed by atoms with Crippen molar-refractivity contribution in [2.24, 2.45) is 5.92 Å². The molecule has 2 N–H and O–H groups in total. The average Bonchev–Trinajstić information content (AvgIpc) is 2.36. The summed E-state index contributed by atoms with van der Waals surface area (Å²) in [6.45, 7) is 3.29. The van der Waals surface area contributed by atoms with Crippen LogP contribution in [0.3, 0.4) is 0 Å². The Morgan fingerprint density at radius 2 is 2.32 bits per heavy atom. The standard InChI is InChI=1S/C11H11N3O4S/c1-3-6(15)4-11(9(17)18-2)7(5-12)8(16)13-10(19)14-11/h3,7H,1,4H2,2H3,(H2,13,14,16,19)/t7-,11+/m1/s1. The minimum Gasteiger partial charge on any atom is -0.467 e. The van der Waals surface area contributed by atoms with Crippen molar-refractivity contribution in [1.29, 1.82) is 5.26 Å². The fourth-order valence-electron chi connectivity index (χ4n) is 1.80. The molecule has 19 heavy (non-hydrogen) atoms. The van der Waals surface area contributed by atoms with E-state index in [-0.39, 0.29) is 5.11 Å². The van der Waals surface area contributed by atoms with Crippen LogP contribution in [0.1, 0.15) is 6.42 Å². The van der Waals surface area contributed by atoms with Gasteiger partial charge in [-0.05, 0) is 18.3 Å². The molecule has 2 atom stereocenters. The van der Waals surface area contributed by atoms with Gasteiger partial charge in [-0.1, -0.05) is 6.58 Å². The maximum absolute atomic E-state index is 11.9. The highest BCUT2D eigenvalue weighted by Gasteiger charge is 2.55. The number of esters is 1. The van der Waals surface area contributed by atoms with E-state index in [1.54, 1.807) is 6.07 Å². The summed E-state index contributed by atoms with van der Waals surface area (Å²) in [5.74, 6) is -3.62. The fourth-order valence-corrected chi connectivity index (χ4v) is 2.08. The monoisotopic (exact) mass is 281 g/mol. The highest BCUT2D eigenvalue weighted by Crippen LogP contribution is 2.27. The Labute approximate surface area is 114 Å². The van der Waals surface area contributed by atoms with E-state index in [0.717, 1.165) is 13.2 Å². The van der Waals surface area contributed by atoms with Crippen LogP contribution >= 0.6 is 12.2 Å². The summed E-state index contributed by atoms with van der Waals surface area (Å²) < 4.78 is 4.59. The summed E-state index contributed by atoms with van der Waals surface area (Å²) in [7, 11) is 1.09. The number of rotatable bonds is 4. The maximum atomic E-state index is 11.9. The van der Waals surface area contributed by atoms with Gasteiger partial charge < -0.3 is 15.4 Å². The first kappa shape index (κ1) is 14.8. The summed E-state index contributed by atoms with van der Waals surface area (Å²) in [4.78, 5) is 35.2. The molecule has 0 bridgehead atoms. The van der Waals surface area contributed by atoms with Crippen LogP contribution in [0.4, 0.5) is 0 Å². The lowest BCUT2D eigenvalue weighted by Gasteiger charge is -2.38. The Kier molecular flexibility index (Phi) is 4.34. The summed E-state index contributed by atoms with van der Waals surface area (Å²) >= 11 is 4.79. The van der Waals surface area contributed by atoms with Gasteiger partial charge in [-0.2, -0.15) is 5.26 Å². The Balaban J connectivity index is 3.33. The Bertz CT molecular complexity index is 511. The Morgan fingerprint density at radius 3 is 2.79 bits per heavy atom. The van der Waals surface area contributed by atoms with Crippen LogP contribution in [-0.2, 0) is 19.1 Å². The van der Waals surface area contributed by atoms with Crippen molar-refractivity contribution < 1.29 is 19.1 Å². The lowest BCUT2D eigenvalue weighted by atomic mass is 9.78. The van der Waals surface area contributed by atoms with Crippen molar-refractivity contribution >= 4 is 35.0 Å². The van der Waals surface area contributed by atoms with Crippen molar-refractivity contribution in [2.45, 2.75) is 12.0 Å². The number of nitrogens with zero attached hydrogens (tertiary/aromatic N) is 1. The topological polar surface area (TPSA) is 108 Å². The van der Waals surface area contributed by atoms with Gasteiger partial charge in [-0.25, -0.2) is 4.79 Å². The van der Waals surface area contributed by atoms with E-state index in [4.69, 9.17) is 17.5 Å². The number of carbonyl (C=O) groups excluding carboxylic acids is 3. The van der Waals surface area contributed by atoms with Gasteiger partial charge in [0.15, 0.2) is 22.4 Å². The van der Waals surface area contributed by atoms with Crippen LogP contribution < -0.4 is 10.6 Å². The molecule has 1 heterocycles. The number of hydrogen-bond donors (Lipinski definition) is 2. The van der Waals surface area contributed by atoms with Crippen LogP contribution in [0.5, 0.6) is 0 Å². The number of nitrogens with one attached hydrogen (secondary N) is 2. The van der Waals surface area contributed by atoms with Gasteiger partial charge in [-0.3, -0.25) is 9.59 Å². The first-order valence-electron chi connectivity index (χ1n) is 5.17. The van der Waals surface area contributed by atoms with Gasteiger partial charge in [0.25, 0.3) is 0 Å². The van der Waals surface area contributed by atoms with E-state index in [1.165, 1.54) is 0 Å². The minimum absolute atomic E-state index is 0.140. The van der Waals surface area contributed by atoms with Crippen molar-refractivity contribution in [3.63, 3.8) is 0 Å². The zero-order valence-electron chi connectivity index (χ0n) is 10.1. The molecule has 1 amide bonds. The van der Waals surface area contributed by atoms with E-state index in [2.05, 4.69) is 21.9 Å². The second kappa shape index (κ2) is 5.58. The van der Waals surface area contributed by atoms with Gasteiger partial charge in [0.1, 0.15) is 0 Å². The third-order valence-electron chi connectivity index (χ3n) is 2.69. The van der Waals surface area contributed by atoms with Crippen LogP contribution in [0.2, 0.25) is 0 Å². The number of hydrogen-bond acceptors (Lipinski definition) is 6. The number of ketones is 1. The number of allylic oxidation sites excluding steroid dienone is 1. The molecule has 0 spiro atoms. The normalized spacial score (nSPS) is 25.6. The molecule has 0 saturated carbocycles. The predicted molar refractivity (Wildman–Crippen MR) is 67.5 cm³/mol. The molecule has 0 unspecified atom stereocenters. The van der Waals surface area contributed by atoms with E-state index < -0.39 is 35.5 Å². The van der Waals surface area contributed by atoms with Crippen LogP contribution in [0.25, 0.3) is 0 Å². The quantitative estimate of drug-likeness (QED) is 0.394. The Hall–Kier alpha value is -2.27. The first-order valence-corrected chi connectivity index (χ1v) is 5.58. The number of methoxy groups -OCH3 is 1. The molecule has 7 nitrogen and oxygen atoms in total. The van der Waals surface area contributed by atoms with Crippen molar-refractivity contribution in [3.05, 3.63) is 12.7 Å². The average molecular weight is 281 g/mol. The SMILES string of the molecule is C=CC(=O)C[C@]1(C(=O)OC)NC(=S)NC(=O)[C@H]1C#N. The molecular weight excluding hydrogens is 270 g/mol. The summed E-state index contributed by atoms with van der Waals surface area (Å²) in [6, 6.07) is 1.69. The van der Waals surface area contributed by atoms with E-state index >= 15 is 0 Å². The van der Waals surface area contributed by atoms with Crippen molar-refractivity contribution in [2.75, 3.05) is 7.11 Å². The fraction of sp³-hybridized carbons (Fsp3) is 0.364. The lowest BCUT2D eigenvalue weighted by Crippen LogP contribution is -2.70. The first-order chi connectivity index (χ1) is 8.91. The van der Waals surface area contributed by atoms with Gasteiger partial charge in [-0.15, -0.1) is 0 Å². The molecule has 8 heteroatoms. The van der Waals surface area contributed by atoms with Gasteiger partial charge in [0, 0.05) is 6.42 Å². The van der Waals surface area contributed by atoms with E-state index in [1.807, 2.05) is 0 Å². The third kappa shape index (κ3) is 2.61. The molecule has 0 aromatic carbocycles. The molecule has 0 aromatic rings. The second-order valence-electron chi connectivity index (χ2n) is 3.82. The van der Waals surface area contributed by atoms with Gasteiger partial charge in [0.05, 0.1) is 13.2 Å².